The summed E-state index contributed by atoms with van der Waals surface area (Å²) < 4.78 is 0. The van der Waals surface area contributed by atoms with Crippen LogP contribution in [-0.2, 0) is 0 Å². The third kappa shape index (κ3) is 4.07. The van der Waals surface area contributed by atoms with E-state index in [0.717, 1.165) is 30.8 Å². The molecule has 0 saturated carbocycles. The van der Waals surface area contributed by atoms with Gasteiger partial charge in [-0.25, -0.2) is 9.78 Å². The molecule has 25 heavy (non-hydrogen) atoms. The number of aryl methyl sites for hydroxylation is 1. The molecule has 0 bridgehead atoms. The number of carbonyl (C=O) groups excluding carboxylic acids is 1. The first-order chi connectivity index (χ1) is 12.2. The van der Waals surface area contributed by atoms with E-state index in [2.05, 4.69) is 21.3 Å². The Kier molecular flexibility index (Phi) is 5.14. The van der Waals surface area contributed by atoms with Crippen molar-refractivity contribution < 1.29 is 4.79 Å². The number of nitrogens with zero attached hydrogens (tertiary/aromatic N) is 4. The Hall–Kier alpha value is -3.07. The monoisotopic (exact) mass is 335 g/mol. The standard InChI is InChI=1S/C19H21N5O/c1-15-4-2-9-21-18(15)22-19(25)24-11-3-10-23(12-13-24)17-7-5-16(14-20)6-8-17/h2,4-9H,3,10-13H2,1H3,(H,21,22,25). The lowest BCUT2D eigenvalue weighted by molar-refractivity contribution is 0.215. The molecule has 1 aliphatic rings. The summed E-state index contributed by atoms with van der Waals surface area (Å²) in [5.41, 5.74) is 2.69. The zero-order chi connectivity index (χ0) is 17.6. The minimum Gasteiger partial charge on any atom is -0.370 e. The van der Waals surface area contributed by atoms with Crippen LogP contribution in [0.25, 0.3) is 0 Å². The van der Waals surface area contributed by atoms with Gasteiger partial charge >= 0.3 is 6.03 Å². The SMILES string of the molecule is Cc1cccnc1NC(=O)N1CCCN(c2ccc(C#N)cc2)CC1. The topological polar surface area (TPSA) is 72.3 Å². The van der Waals surface area contributed by atoms with E-state index in [0.29, 0.717) is 24.5 Å². The molecule has 6 nitrogen and oxygen atoms in total. The smallest absolute Gasteiger partial charge is 0.323 e. The predicted molar refractivity (Wildman–Crippen MR) is 97.6 cm³/mol. The van der Waals surface area contributed by atoms with Crippen LogP contribution in [0.4, 0.5) is 16.3 Å². The van der Waals surface area contributed by atoms with E-state index >= 15 is 0 Å². The van der Waals surface area contributed by atoms with Crippen LogP contribution >= 0.6 is 0 Å². The molecule has 0 atom stereocenters. The minimum atomic E-state index is -0.108. The molecule has 3 rings (SSSR count). The van der Waals surface area contributed by atoms with Crippen LogP contribution in [0.2, 0.25) is 0 Å². The van der Waals surface area contributed by atoms with Gasteiger partial charge in [-0.2, -0.15) is 5.26 Å². The highest BCUT2D eigenvalue weighted by Crippen LogP contribution is 2.18. The van der Waals surface area contributed by atoms with E-state index in [4.69, 9.17) is 5.26 Å². The fraction of sp³-hybridized carbons (Fsp3) is 0.316. The molecule has 1 saturated heterocycles. The summed E-state index contributed by atoms with van der Waals surface area (Å²) in [6, 6.07) is 13.4. The maximum atomic E-state index is 12.5. The molecule has 1 fully saturated rings. The van der Waals surface area contributed by atoms with Crippen molar-refractivity contribution in [2.24, 2.45) is 0 Å². The van der Waals surface area contributed by atoms with Gasteiger partial charge in [0.15, 0.2) is 0 Å². The second-order valence-corrected chi connectivity index (χ2v) is 6.09. The van der Waals surface area contributed by atoms with Crippen molar-refractivity contribution in [2.75, 3.05) is 36.4 Å². The van der Waals surface area contributed by atoms with Gasteiger partial charge in [0.1, 0.15) is 5.82 Å². The summed E-state index contributed by atoms with van der Waals surface area (Å²) in [6.45, 7) is 4.94. The Morgan fingerprint density at radius 2 is 1.96 bits per heavy atom. The van der Waals surface area contributed by atoms with Gasteiger partial charge in [0.2, 0.25) is 0 Å². The maximum Gasteiger partial charge on any atom is 0.323 e. The van der Waals surface area contributed by atoms with Crippen LogP contribution in [0.3, 0.4) is 0 Å². The summed E-state index contributed by atoms with van der Waals surface area (Å²) in [5, 5.41) is 11.8. The van der Waals surface area contributed by atoms with Gasteiger partial charge in [0.25, 0.3) is 0 Å². The molecule has 1 aromatic carbocycles. The van der Waals surface area contributed by atoms with Gasteiger partial charge in [0, 0.05) is 38.1 Å². The quantitative estimate of drug-likeness (QED) is 0.916. The third-order valence-corrected chi connectivity index (χ3v) is 4.38. The molecular weight excluding hydrogens is 314 g/mol. The van der Waals surface area contributed by atoms with E-state index in [1.807, 2.05) is 48.2 Å². The van der Waals surface area contributed by atoms with E-state index in [9.17, 15) is 4.79 Å². The van der Waals surface area contributed by atoms with Crippen molar-refractivity contribution in [1.29, 1.82) is 5.26 Å². The van der Waals surface area contributed by atoms with E-state index in [1.54, 1.807) is 6.20 Å². The lowest BCUT2D eigenvalue weighted by Crippen LogP contribution is -2.38. The Labute approximate surface area is 147 Å². The summed E-state index contributed by atoms with van der Waals surface area (Å²) >= 11 is 0. The van der Waals surface area contributed by atoms with Crippen molar-refractivity contribution in [3.8, 4) is 6.07 Å². The summed E-state index contributed by atoms with van der Waals surface area (Å²) in [7, 11) is 0. The first-order valence-electron chi connectivity index (χ1n) is 8.40. The molecule has 0 unspecified atom stereocenters. The number of amides is 2. The Morgan fingerprint density at radius 3 is 2.68 bits per heavy atom. The number of hydrogen-bond donors (Lipinski definition) is 1. The highest BCUT2D eigenvalue weighted by molar-refractivity contribution is 5.89. The first-order valence-corrected chi connectivity index (χ1v) is 8.40. The van der Waals surface area contributed by atoms with Crippen LogP contribution < -0.4 is 10.2 Å². The van der Waals surface area contributed by atoms with Gasteiger partial charge in [0.05, 0.1) is 11.6 Å². The highest BCUT2D eigenvalue weighted by Gasteiger charge is 2.20. The van der Waals surface area contributed by atoms with Crippen molar-refractivity contribution in [3.05, 3.63) is 53.7 Å². The Bertz CT molecular complexity index is 781. The molecule has 2 aromatic rings. The lowest BCUT2D eigenvalue weighted by atomic mass is 10.2. The lowest BCUT2D eigenvalue weighted by Gasteiger charge is -2.24. The molecule has 2 heterocycles. The molecule has 1 aromatic heterocycles. The van der Waals surface area contributed by atoms with Crippen LogP contribution in [0.15, 0.2) is 42.6 Å². The summed E-state index contributed by atoms with van der Waals surface area (Å²) in [6.07, 6.45) is 2.58. The van der Waals surface area contributed by atoms with Gasteiger partial charge in [-0.1, -0.05) is 6.07 Å². The maximum absolute atomic E-state index is 12.5. The predicted octanol–water partition coefficient (Wildman–Crippen LogP) is 3.01. The highest BCUT2D eigenvalue weighted by atomic mass is 16.2. The van der Waals surface area contributed by atoms with Crippen molar-refractivity contribution in [3.63, 3.8) is 0 Å². The third-order valence-electron chi connectivity index (χ3n) is 4.38. The molecule has 0 radical (unpaired) electrons. The number of nitriles is 1. The molecule has 1 aliphatic heterocycles. The van der Waals surface area contributed by atoms with Crippen LogP contribution in [0.5, 0.6) is 0 Å². The van der Waals surface area contributed by atoms with Crippen molar-refractivity contribution >= 4 is 17.5 Å². The van der Waals surface area contributed by atoms with E-state index in [-0.39, 0.29) is 6.03 Å². The van der Waals surface area contributed by atoms with Crippen LogP contribution in [0.1, 0.15) is 17.5 Å². The normalized spacial score (nSPS) is 14.6. The zero-order valence-corrected chi connectivity index (χ0v) is 14.3. The summed E-state index contributed by atoms with van der Waals surface area (Å²) in [5.74, 6) is 0.612. The summed E-state index contributed by atoms with van der Waals surface area (Å²) in [4.78, 5) is 20.8. The van der Waals surface area contributed by atoms with Gasteiger partial charge in [-0.15, -0.1) is 0 Å². The fourth-order valence-electron chi connectivity index (χ4n) is 2.92. The molecule has 128 valence electrons. The zero-order valence-electron chi connectivity index (χ0n) is 14.3. The fourth-order valence-corrected chi connectivity index (χ4v) is 2.92. The number of nitrogens with one attached hydrogen (secondary N) is 1. The number of rotatable bonds is 2. The van der Waals surface area contributed by atoms with Crippen molar-refractivity contribution in [2.45, 2.75) is 13.3 Å². The molecule has 1 N–H and O–H groups in total. The average Bonchev–Trinajstić information content (AvgIpc) is 2.90. The number of anilines is 2. The largest absolute Gasteiger partial charge is 0.370 e. The van der Waals surface area contributed by atoms with Gasteiger partial charge in [-0.3, -0.25) is 5.32 Å². The number of benzene rings is 1. The van der Waals surface area contributed by atoms with Gasteiger partial charge < -0.3 is 9.80 Å². The minimum absolute atomic E-state index is 0.108. The molecular formula is C19H21N5O. The second kappa shape index (κ2) is 7.67. The number of urea groups is 1. The first kappa shape index (κ1) is 16.8. The number of hydrogen-bond acceptors (Lipinski definition) is 4. The number of carbonyl (C=O) groups is 1. The Morgan fingerprint density at radius 1 is 1.16 bits per heavy atom. The van der Waals surface area contributed by atoms with Gasteiger partial charge in [-0.05, 0) is 49.2 Å². The molecule has 2 amide bonds. The molecule has 0 spiro atoms. The second-order valence-electron chi connectivity index (χ2n) is 6.09. The van der Waals surface area contributed by atoms with E-state index in [1.165, 1.54) is 0 Å². The van der Waals surface area contributed by atoms with Crippen LogP contribution in [-0.4, -0.2) is 42.1 Å². The average molecular weight is 335 g/mol. The number of aromatic nitrogens is 1. The molecule has 6 heteroatoms. The van der Waals surface area contributed by atoms with Crippen molar-refractivity contribution in [1.82, 2.24) is 9.88 Å². The van der Waals surface area contributed by atoms with Crippen LogP contribution in [0, 0.1) is 18.3 Å². The molecule has 0 aliphatic carbocycles. The Balaban J connectivity index is 1.62. The number of pyridine rings is 1. The van der Waals surface area contributed by atoms with E-state index < -0.39 is 0 Å².